The van der Waals surface area contributed by atoms with Gasteiger partial charge in [0.05, 0.1) is 16.9 Å². The van der Waals surface area contributed by atoms with Gasteiger partial charge in [0.2, 0.25) is 5.91 Å². The first kappa shape index (κ1) is 21.1. The van der Waals surface area contributed by atoms with Gasteiger partial charge in [-0.2, -0.15) is 13.2 Å². The normalized spacial score (nSPS) is 11.8. The number of carbonyl (C=O) groups excluding carboxylic acids is 1. The molecule has 1 aromatic carbocycles. The van der Waals surface area contributed by atoms with E-state index in [9.17, 15) is 18.0 Å². The molecule has 0 aliphatic rings. The van der Waals surface area contributed by atoms with E-state index < -0.39 is 23.6 Å². The molecule has 0 saturated heterocycles. The number of hydrogen-bond donors (Lipinski definition) is 3. The molecule has 0 heterocycles. The van der Waals surface area contributed by atoms with Gasteiger partial charge >= 0.3 is 6.18 Å². The van der Waals surface area contributed by atoms with Crippen LogP contribution in [0.15, 0.2) is 18.2 Å². The number of hydrogen-bond acceptors (Lipinski definition) is 3. The predicted octanol–water partition coefficient (Wildman–Crippen LogP) is 2.66. The third-order valence-electron chi connectivity index (χ3n) is 2.44. The molecule has 5 N–H and O–H groups in total. The number of nitrogen functional groups attached to an aromatic ring is 1. The quantitative estimate of drug-likeness (QED) is 0.744. The molecular weight excluding hydrogens is 318 g/mol. The summed E-state index contributed by atoms with van der Waals surface area (Å²) < 4.78 is 37.5. The van der Waals surface area contributed by atoms with Gasteiger partial charge < -0.3 is 16.8 Å². The molecule has 0 fully saturated rings. The summed E-state index contributed by atoms with van der Waals surface area (Å²) in [5.41, 5.74) is 9.94. The average Bonchev–Trinajstić information content (AvgIpc) is 2.29. The molecule has 9 heteroatoms. The third kappa shape index (κ3) is 5.44. The van der Waals surface area contributed by atoms with Crippen molar-refractivity contribution in [1.82, 2.24) is 0 Å². The third-order valence-corrected chi connectivity index (χ3v) is 2.44. The van der Waals surface area contributed by atoms with E-state index >= 15 is 0 Å². The van der Waals surface area contributed by atoms with Crippen molar-refractivity contribution in [1.29, 1.82) is 0 Å². The van der Waals surface area contributed by atoms with E-state index in [1.54, 1.807) is 6.92 Å². The second-order valence-corrected chi connectivity index (χ2v) is 3.93. The molecule has 1 rings (SSSR count). The minimum atomic E-state index is -4.48. The van der Waals surface area contributed by atoms with E-state index in [0.29, 0.717) is 0 Å². The number of halogens is 5. The molecule has 0 spiro atoms. The van der Waals surface area contributed by atoms with E-state index in [2.05, 4.69) is 5.32 Å². The Hall–Kier alpha value is -1.18. The first-order valence-electron chi connectivity index (χ1n) is 5.23. The summed E-state index contributed by atoms with van der Waals surface area (Å²) in [6.45, 7) is 1.67. The van der Waals surface area contributed by atoms with Gasteiger partial charge in [-0.3, -0.25) is 4.79 Å². The number of rotatable bonds is 3. The Morgan fingerprint density at radius 2 is 1.90 bits per heavy atom. The molecule has 4 nitrogen and oxygen atoms in total. The lowest BCUT2D eigenvalue weighted by Crippen LogP contribution is -2.27. The standard InChI is InChI=1S/C11H14F3N3O.2ClH/c1-6(5-15)10(18)17-9-4-7(11(12,13)14)2-3-8(9)16;;/h2-4,6H,5,15-16H2,1H3,(H,17,18);2*1H. The number of amides is 1. The Balaban J connectivity index is 0. The zero-order chi connectivity index (χ0) is 13.9. The summed E-state index contributed by atoms with van der Waals surface area (Å²) in [4.78, 5) is 11.5. The molecule has 20 heavy (non-hydrogen) atoms. The number of nitrogens with two attached hydrogens (primary N) is 2. The molecule has 1 unspecified atom stereocenters. The van der Waals surface area contributed by atoms with Crippen LogP contribution in [0.3, 0.4) is 0 Å². The van der Waals surface area contributed by atoms with Crippen molar-refractivity contribution in [3.63, 3.8) is 0 Å². The van der Waals surface area contributed by atoms with E-state index in [1.165, 1.54) is 0 Å². The topological polar surface area (TPSA) is 81.1 Å². The van der Waals surface area contributed by atoms with E-state index in [0.717, 1.165) is 18.2 Å². The van der Waals surface area contributed by atoms with Crippen molar-refractivity contribution < 1.29 is 18.0 Å². The lowest BCUT2D eigenvalue weighted by atomic mass is 10.1. The van der Waals surface area contributed by atoms with Crippen molar-refractivity contribution in [2.45, 2.75) is 13.1 Å². The summed E-state index contributed by atoms with van der Waals surface area (Å²) >= 11 is 0. The Morgan fingerprint density at radius 1 is 1.35 bits per heavy atom. The SMILES string of the molecule is CC(CN)C(=O)Nc1cc(C(F)(F)F)ccc1N.Cl.Cl. The molecule has 0 bridgehead atoms. The predicted molar refractivity (Wildman–Crippen MR) is 77.2 cm³/mol. The Morgan fingerprint density at radius 3 is 2.35 bits per heavy atom. The van der Waals surface area contributed by atoms with Crippen LogP contribution in [0, 0.1) is 5.92 Å². The maximum absolute atomic E-state index is 12.5. The first-order valence-corrected chi connectivity index (χ1v) is 5.23. The van der Waals surface area contributed by atoms with Gasteiger partial charge in [-0.1, -0.05) is 6.92 Å². The van der Waals surface area contributed by atoms with Gasteiger partial charge in [0.25, 0.3) is 0 Å². The summed E-state index contributed by atoms with van der Waals surface area (Å²) in [6, 6.07) is 2.76. The van der Waals surface area contributed by atoms with Crippen molar-refractivity contribution in [3.05, 3.63) is 23.8 Å². The summed E-state index contributed by atoms with van der Waals surface area (Å²) in [6.07, 6.45) is -4.48. The van der Waals surface area contributed by atoms with Crippen molar-refractivity contribution in [2.75, 3.05) is 17.6 Å². The molecule has 1 atom stereocenters. The highest BCUT2D eigenvalue weighted by Gasteiger charge is 2.31. The molecule has 0 radical (unpaired) electrons. The number of alkyl halides is 3. The van der Waals surface area contributed by atoms with Crippen molar-refractivity contribution in [2.24, 2.45) is 11.7 Å². The number of nitrogens with one attached hydrogen (secondary N) is 1. The molecule has 0 aliphatic carbocycles. The van der Waals surface area contributed by atoms with Gasteiger partial charge in [-0.15, -0.1) is 24.8 Å². The number of carbonyl (C=O) groups is 1. The van der Waals surface area contributed by atoms with E-state index in [1.807, 2.05) is 0 Å². The van der Waals surface area contributed by atoms with E-state index in [4.69, 9.17) is 11.5 Å². The maximum Gasteiger partial charge on any atom is 0.416 e. The number of anilines is 2. The molecular formula is C11H16Cl2F3N3O. The highest BCUT2D eigenvalue weighted by atomic mass is 35.5. The Bertz CT molecular complexity index is 455. The highest BCUT2D eigenvalue weighted by molar-refractivity contribution is 5.95. The van der Waals surface area contributed by atoms with Gasteiger partial charge in [0, 0.05) is 12.5 Å². The second kappa shape index (κ2) is 8.18. The van der Waals surface area contributed by atoms with Gasteiger partial charge in [-0.25, -0.2) is 0 Å². The lowest BCUT2D eigenvalue weighted by molar-refractivity contribution is -0.137. The Kier molecular flexibility index (Phi) is 8.64. The molecule has 1 amide bonds. The summed E-state index contributed by atoms with van der Waals surface area (Å²) in [7, 11) is 0. The van der Waals surface area contributed by atoms with Gasteiger partial charge in [-0.05, 0) is 18.2 Å². The van der Waals surface area contributed by atoms with Crippen LogP contribution in [-0.4, -0.2) is 12.5 Å². The van der Waals surface area contributed by atoms with Crippen LogP contribution >= 0.6 is 24.8 Å². The molecule has 0 aliphatic heterocycles. The van der Waals surface area contributed by atoms with Gasteiger partial charge in [0.15, 0.2) is 0 Å². The fraction of sp³-hybridized carbons (Fsp3) is 0.364. The van der Waals surface area contributed by atoms with Crippen LogP contribution in [0.5, 0.6) is 0 Å². The molecule has 116 valence electrons. The van der Waals surface area contributed by atoms with Crippen LogP contribution in [0.25, 0.3) is 0 Å². The molecule has 1 aromatic rings. The monoisotopic (exact) mass is 333 g/mol. The lowest BCUT2D eigenvalue weighted by Gasteiger charge is -2.14. The van der Waals surface area contributed by atoms with Gasteiger partial charge in [0.1, 0.15) is 0 Å². The summed E-state index contributed by atoms with van der Waals surface area (Å²) in [5, 5.41) is 2.33. The zero-order valence-corrected chi connectivity index (χ0v) is 12.2. The fourth-order valence-electron chi connectivity index (χ4n) is 1.20. The van der Waals surface area contributed by atoms with Crippen LogP contribution in [0.1, 0.15) is 12.5 Å². The van der Waals surface area contributed by atoms with Crippen LogP contribution < -0.4 is 16.8 Å². The Labute approximate surface area is 126 Å². The highest BCUT2D eigenvalue weighted by Crippen LogP contribution is 2.33. The van der Waals surface area contributed by atoms with Crippen LogP contribution in [-0.2, 0) is 11.0 Å². The van der Waals surface area contributed by atoms with Crippen LogP contribution in [0.4, 0.5) is 24.5 Å². The number of benzene rings is 1. The van der Waals surface area contributed by atoms with Crippen LogP contribution in [0.2, 0.25) is 0 Å². The maximum atomic E-state index is 12.5. The first-order chi connectivity index (χ1) is 8.25. The molecule has 0 aromatic heterocycles. The minimum Gasteiger partial charge on any atom is -0.397 e. The van der Waals surface area contributed by atoms with E-state index in [-0.39, 0.29) is 42.7 Å². The largest absolute Gasteiger partial charge is 0.416 e. The molecule has 0 saturated carbocycles. The minimum absolute atomic E-state index is 0. The zero-order valence-electron chi connectivity index (χ0n) is 10.5. The fourth-order valence-corrected chi connectivity index (χ4v) is 1.20. The second-order valence-electron chi connectivity index (χ2n) is 3.93. The average molecular weight is 334 g/mol. The summed E-state index contributed by atoms with van der Waals surface area (Å²) in [5.74, 6) is -0.970. The smallest absolute Gasteiger partial charge is 0.397 e. The van der Waals surface area contributed by atoms with Crippen molar-refractivity contribution >= 4 is 42.1 Å². The van der Waals surface area contributed by atoms with Crippen molar-refractivity contribution in [3.8, 4) is 0 Å².